The summed E-state index contributed by atoms with van der Waals surface area (Å²) in [6, 6.07) is 9.49. The van der Waals surface area contributed by atoms with Crippen molar-refractivity contribution < 1.29 is 0 Å². The first kappa shape index (κ1) is 12.7. The zero-order valence-electron chi connectivity index (χ0n) is 11.8. The molecule has 1 aromatic carbocycles. The van der Waals surface area contributed by atoms with Crippen LogP contribution in [0, 0.1) is 0 Å². The second kappa shape index (κ2) is 5.38. The van der Waals surface area contributed by atoms with Crippen LogP contribution in [0.1, 0.15) is 56.6 Å². The normalized spacial score (nSPS) is 18.8. The second-order valence-electron chi connectivity index (χ2n) is 5.94. The Bertz CT molecular complexity index is 549. The molecule has 0 amide bonds. The quantitative estimate of drug-likeness (QED) is 0.876. The van der Waals surface area contributed by atoms with E-state index in [2.05, 4.69) is 42.0 Å². The van der Waals surface area contributed by atoms with Crippen LogP contribution in [0.2, 0.25) is 0 Å². The third-order valence-corrected chi connectivity index (χ3v) is 4.62. The minimum Gasteiger partial charge on any atom is -0.344 e. The monoisotopic (exact) mass is 256 g/mol. The average molecular weight is 256 g/mol. The summed E-state index contributed by atoms with van der Waals surface area (Å²) in [5.41, 5.74) is 8.69. The molecule has 1 heterocycles. The molecule has 1 aliphatic rings. The molecule has 1 fully saturated rings. The van der Waals surface area contributed by atoms with E-state index in [1.165, 1.54) is 48.6 Å². The SMILES string of the molecule is CC(CN)c1cn(C2CCCCC2)c2ccccc12. The first-order valence-electron chi connectivity index (χ1n) is 7.61. The Kier molecular flexibility index (Phi) is 3.61. The molecular formula is C17H24N2. The molecule has 0 bridgehead atoms. The van der Waals surface area contributed by atoms with Crippen molar-refractivity contribution in [1.29, 1.82) is 0 Å². The number of nitrogens with two attached hydrogens (primary N) is 1. The maximum Gasteiger partial charge on any atom is 0.0485 e. The van der Waals surface area contributed by atoms with Gasteiger partial charge in [-0.1, -0.05) is 44.4 Å². The van der Waals surface area contributed by atoms with Crippen LogP contribution in [0.25, 0.3) is 10.9 Å². The summed E-state index contributed by atoms with van der Waals surface area (Å²) in [4.78, 5) is 0. The predicted octanol–water partition coefficient (Wildman–Crippen LogP) is 4.21. The highest BCUT2D eigenvalue weighted by Crippen LogP contribution is 2.35. The van der Waals surface area contributed by atoms with Gasteiger partial charge in [0.2, 0.25) is 0 Å². The van der Waals surface area contributed by atoms with Crippen molar-refractivity contribution in [1.82, 2.24) is 4.57 Å². The minimum absolute atomic E-state index is 0.440. The molecule has 0 radical (unpaired) electrons. The van der Waals surface area contributed by atoms with Crippen molar-refractivity contribution in [2.45, 2.75) is 51.0 Å². The van der Waals surface area contributed by atoms with Gasteiger partial charge in [-0.05, 0) is 36.9 Å². The van der Waals surface area contributed by atoms with Gasteiger partial charge in [-0.3, -0.25) is 0 Å². The van der Waals surface area contributed by atoms with Crippen molar-refractivity contribution in [2.24, 2.45) is 5.73 Å². The van der Waals surface area contributed by atoms with E-state index in [9.17, 15) is 0 Å². The minimum atomic E-state index is 0.440. The number of para-hydroxylation sites is 1. The molecule has 0 spiro atoms. The first-order chi connectivity index (χ1) is 9.31. The second-order valence-corrected chi connectivity index (χ2v) is 5.94. The molecule has 1 atom stereocenters. The molecule has 102 valence electrons. The molecule has 0 aliphatic heterocycles. The van der Waals surface area contributed by atoms with Gasteiger partial charge in [0, 0.05) is 23.1 Å². The summed E-state index contributed by atoms with van der Waals surface area (Å²) in [7, 11) is 0. The molecule has 1 unspecified atom stereocenters. The molecule has 19 heavy (non-hydrogen) atoms. The Morgan fingerprint density at radius 2 is 1.95 bits per heavy atom. The molecule has 2 aromatic rings. The Balaban J connectivity index is 2.08. The predicted molar refractivity (Wildman–Crippen MR) is 81.5 cm³/mol. The number of fused-ring (bicyclic) bond motifs is 1. The van der Waals surface area contributed by atoms with Gasteiger partial charge in [0.1, 0.15) is 0 Å². The largest absolute Gasteiger partial charge is 0.344 e. The fourth-order valence-corrected chi connectivity index (χ4v) is 3.41. The highest BCUT2D eigenvalue weighted by molar-refractivity contribution is 5.84. The van der Waals surface area contributed by atoms with Crippen LogP contribution >= 0.6 is 0 Å². The summed E-state index contributed by atoms with van der Waals surface area (Å²) in [6.45, 7) is 2.95. The van der Waals surface area contributed by atoms with Gasteiger partial charge < -0.3 is 10.3 Å². The molecule has 1 aliphatic carbocycles. The summed E-state index contributed by atoms with van der Waals surface area (Å²) >= 11 is 0. The molecule has 3 rings (SSSR count). The summed E-state index contributed by atoms with van der Waals surface area (Å²) in [6.07, 6.45) is 9.18. The Hall–Kier alpha value is -1.28. The van der Waals surface area contributed by atoms with E-state index < -0.39 is 0 Å². The third kappa shape index (κ3) is 2.30. The number of nitrogens with zero attached hydrogens (tertiary/aromatic N) is 1. The summed E-state index contributed by atoms with van der Waals surface area (Å²) in [5.74, 6) is 0.440. The van der Waals surface area contributed by atoms with Gasteiger partial charge in [-0.15, -0.1) is 0 Å². The van der Waals surface area contributed by atoms with Gasteiger partial charge >= 0.3 is 0 Å². The standard InChI is InChI=1S/C17H24N2/c1-13(11-18)16-12-19(14-7-3-2-4-8-14)17-10-6-5-9-15(16)17/h5-6,9-10,12-14H,2-4,7-8,11,18H2,1H3. The van der Waals surface area contributed by atoms with E-state index in [0.29, 0.717) is 12.0 Å². The lowest BCUT2D eigenvalue weighted by molar-refractivity contribution is 0.360. The third-order valence-electron chi connectivity index (χ3n) is 4.62. The number of benzene rings is 1. The smallest absolute Gasteiger partial charge is 0.0485 e. The van der Waals surface area contributed by atoms with Crippen molar-refractivity contribution in [3.8, 4) is 0 Å². The Labute approximate surface area is 115 Å². The van der Waals surface area contributed by atoms with E-state index in [4.69, 9.17) is 5.73 Å². The Morgan fingerprint density at radius 1 is 1.21 bits per heavy atom. The topological polar surface area (TPSA) is 30.9 Å². The maximum atomic E-state index is 5.87. The van der Waals surface area contributed by atoms with Crippen LogP contribution in [0.15, 0.2) is 30.5 Å². The lowest BCUT2D eigenvalue weighted by Gasteiger charge is -2.24. The molecule has 0 saturated heterocycles. The van der Waals surface area contributed by atoms with E-state index in [1.807, 2.05) is 0 Å². The van der Waals surface area contributed by atoms with E-state index in [-0.39, 0.29) is 0 Å². The van der Waals surface area contributed by atoms with E-state index in [0.717, 1.165) is 6.54 Å². The van der Waals surface area contributed by atoms with Crippen molar-refractivity contribution in [3.05, 3.63) is 36.0 Å². The lowest BCUT2D eigenvalue weighted by Crippen LogP contribution is -2.12. The fraction of sp³-hybridized carbons (Fsp3) is 0.529. The zero-order chi connectivity index (χ0) is 13.2. The molecular weight excluding hydrogens is 232 g/mol. The number of hydrogen-bond acceptors (Lipinski definition) is 1. The van der Waals surface area contributed by atoms with E-state index >= 15 is 0 Å². The van der Waals surface area contributed by atoms with Crippen LogP contribution < -0.4 is 5.73 Å². The number of hydrogen-bond donors (Lipinski definition) is 1. The van der Waals surface area contributed by atoms with Gasteiger partial charge in [-0.25, -0.2) is 0 Å². The van der Waals surface area contributed by atoms with Crippen molar-refractivity contribution >= 4 is 10.9 Å². The van der Waals surface area contributed by atoms with Gasteiger partial charge in [-0.2, -0.15) is 0 Å². The first-order valence-corrected chi connectivity index (χ1v) is 7.61. The summed E-state index contributed by atoms with van der Waals surface area (Å²) in [5, 5.41) is 1.39. The van der Waals surface area contributed by atoms with Gasteiger partial charge in [0.25, 0.3) is 0 Å². The van der Waals surface area contributed by atoms with Crippen LogP contribution in [0.4, 0.5) is 0 Å². The number of aromatic nitrogens is 1. The molecule has 1 saturated carbocycles. The summed E-state index contributed by atoms with van der Waals surface area (Å²) < 4.78 is 2.52. The Morgan fingerprint density at radius 3 is 2.68 bits per heavy atom. The lowest BCUT2D eigenvalue weighted by atomic mass is 9.95. The van der Waals surface area contributed by atoms with Crippen LogP contribution in [0.3, 0.4) is 0 Å². The van der Waals surface area contributed by atoms with Crippen molar-refractivity contribution in [3.63, 3.8) is 0 Å². The highest BCUT2D eigenvalue weighted by Gasteiger charge is 2.20. The molecule has 2 heteroatoms. The number of rotatable bonds is 3. The zero-order valence-corrected chi connectivity index (χ0v) is 11.8. The van der Waals surface area contributed by atoms with Crippen LogP contribution in [0.5, 0.6) is 0 Å². The maximum absolute atomic E-state index is 5.87. The van der Waals surface area contributed by atoms with Crippen molar-refractivity contribution in [2.75, 3.05) is 6.54 Å². The fourth-order valence-electron chi connectivity index (χ4n) is 3.41. The van der Waals surface area contributed by atoms with Crippen LogP contribution in [-0.2, 0) is 0 Å². The molecule has 2 N–H and O–H groups in total. The van der Waals surface area contributed by atoms with Gasteiger partial charge in [0.15, 0.2) is 0 Å². The van der Waals surface area contributed by atoms with E-state index in [1.54, 1.807) is 0 Å². The average Bonchev–Trinajstić information content (AvgIpc) is 2.87. The molecule has 2 nitrogen and oxygen atoms in total. The van der Waals surface area contributed by atoms with Gasteiger partial charge in [0.05, 0.1) is 0 Å². The molecule has 1 aromatic heterocycles. The highest BCUT2D eigenvalue weighted by atomic mass is 15.0. The van der Waals surface area contributed by atoms with Crippen LogP contribution in [-0.4, -0.2) is 11.1 Å².